The maximum atomic E-state index is 12.4. The van der Waals surface area contributed by atoms with E-state index < -0.39 is 18.0 Å². The van der Waals surface area contributed by atoms with Crippen molar-refractivity contribution in [3.8, 4) is 0 Å². The molecule has 3 rings (SSSR count). The molecule has 0 aliphatic heterocycles. The van der Waals surface area contributed by atoms with Gasteiger partial charge in [0.2, 0.25) is 0 Å². The van der Waals surface area contributed by atoms with Crippen molar-refractivity contribution in [2.75, 3.05) is 0 Å². The Labute approximate surface area is 166 Å². The third-order valence-electron chi connectivity index (χ3n) is 4.01. The van der Waals surface area contributed by atoms with Crippen LogP contribution in [0.4, 0.5) is 0 Å². The number of aromatic nitrogens is 2. The van der Waals surface area contributed by atoms with Gasteiger partial charge in [0.1, 0.15) is 5.65 Å². The second kappa shape index (κ2) is 7.98. The van der Waals surface area contributed by atoms with E-state index >= 15 is 0 Å². The van der Waals surface area contributed by atoms with Crippen molar-refractivity contribution >= 4 is 40.7 Å². The van der Waals surface area contributed by atoms with Gasteiger partial charge < -0.3 is 14.5 Å². The van der Waals surface area contributed by atoms with Gasteiger partial charge in [-0.25, -0.2) is 9.78 Å². The molecule has 2 aromatic heterocycles. The molecule has 0 aliphatic carbocycles. The van der Waals surface area contributed by atoms with Crippen LogP contribution in [0, 0.1) is 0 Å². The first kappa shape index (κ1) is 19.2. The number of carbonyl (C=O) groups is 2. The van der Waals surface area contributed by atoms with Crippen molar-refractivity contribution < 1.29 is 14.3 Å². The molecular formula is C19H17Cl2N3O3. The molecular weight excluding hydrogens is 389 g/mol. The molecule has 0 unspecified atom stereocenters. The fourth-order valence-electron chi connectivity index (χ4n) is 2.57. The average molecular weight is 406 g/mol. The molecule has 6 nitrogen and oxygen atoms in total. The number of halogens is 2. The third-order valence-corrected chi connectivity index (χ3v) is 4.58. The SMILES string of the molecule is C[C@@H](OC(=O)c1cn2ccccc2n1)C(=O)N[C@H](C)c1ccc(Cl)cc1Cl. The summed E-state index contributed by atoms with van der Waals surface area (Å²) in [6.45, 7) is 3.28. The van der Waals surface area contributed by atoms with E-state index in [1.165, 1.54) is 6.92 Å². The quantitative estimate of drug-likeness (QED) is 0.649. The van der Waals surface area contributed by atoms with Gasteiger partial charge in [-0.1, -0.05) is 35.3 Å². The van der Waals surface area contributed by atoms with Gasteiger partial charge in [-0.3, -0.25) is 4.79 Å². The summed E-state index contributed by atoms with van der Waals surface area (Å²) in [6, 6.07) is 10.1. The number of hydrogen-bond acceptors (Lipinski definition) is 4. The standard InChI is InChI=1S/C19H17Cl2N3O3/c1-11(14-7-6-13(20)9-15(14)21)22-18(25)12(2)27-19(26)16-10-24-8-4-3-5-17(24)23-16/h3-12H,1-2H3,(H,22,25)/t11-,12-/m1/s1. The first-order valence-electron chi connectivity index (χ1n) is 8.25. The molecule has 2 atom stereocenters. The first-order chi connectivity index (χ1) is 12.8. The highest BCUT2D eigenvalue weighted by Gasteiger charge is 2.23. The maximum Gasteiger partial charge on any atom is 0.359 e. The number of nitrogens with zero attached hydrogens (tertiary/aromatic N) is 2. The molecule has 0 saturated heterocycles. The predicted molar refractivity (Wildman–Crippen MR) is 103 cm³/mol. The number of carbonyl (C=O) groups excluding carboxylic acids is 2. The monoisotopic (exact) mass is 405 g/mol. The van der Waals surface area contributed by atoms with E-state index in [-0.39, 0.29) is 11.7 Å². The van der Waals surface area contributed by atoms with E-state index in [1.54, 1.807) is 48.0 Å². The molecule has 140 valence electrons. The highest BCUT2D eigenvalue weighted by atomic mass is 35.5. The zero-order valence-electron chi connectivity index (χ0n) is 14.6. The highest BCUT2D eigenvalue weighted by Crippen LogP contribution is 2.26. The summed E-state index contributed by atoms with van der Waals surface area (Å²) in [4.78, 5) is 28.8. The van der Waals surface area contributed by atoms with Crippen LogP contribution in [0.15, 0.2) is 48.8 Å². The molecule has 1 aromatic carbocycles. The maximum absolute atomic E-state index is 12.4. The van der Waals surface area contributed by atoms with Gasteiger partial charge in [-0.2, -0.15) is 0 Å². The summed E-state index contributed by atoms with van der Waals surface area (Å²) < 4.78 is 6.93. The molecule has 8 heteroatoms. The van der Waals surface area contributed by atoms with E-state index in [0.717, 1.165) is 0 Å². The topological polar surface area (TPSA) is 72.7 Å². The molecule has 0 aliphatic rings. The minimum absolute atomic E-state index is 0.134. The van der Waals surface area contributed by atoms with Crippen LogP contribution < -0.4 is 5.32 Å². The van der Waals surface area contributed by atoms with Crippen LogP contribution >= 0.6 is 23.2 Å². The van der Waals surface area contributed by atoms with Gasteiger partial charge >= 0.3 is 5.97 Å². The smallest absolute Gasteiger partial charge is 0.359 e. The first-order valence-corrected chi connectivity index (χ1v) is 9.01. The van der Waals surface area contributed by atoms with Crippen molar-refractivity contribution in [2.24, 2.45) is 0 Å². The van der Waals surface area contributed by atoms with Crippen molar-refractivity contribution in [3.05, 3.63) is 70.1 Å². The number of ether oxygens (including phenoxy) is 1. The van der Waals surface area contributed by atoms with Crippen LogP contribution in [0.5, 0.6) is 0 Å². The van der Waals surface area contributed by atoms with Gasteiger partial charge in [-0.05, 0) is 43.7 Å². The summed E-state index contributed by atoms with van der Waals surface area (Å²) in [7, 11) is 0. The summed E-state index contributed by atoms with van der Waals surface area (Å²) in [5.41, 5.74) is 1.47. The van der Waals surface area contributed by atoms with Crippen molar-refractivity contribution in [3.63, 3.8) is 0 Å². The fraction of sp³-hybridized carbons (Fsp3) is 0.211. The molecule has 2 heterocycles. The lowest BCUT2D eigenvalue weighted by Gasteiger charge is -2.19. The minimum atomic E-state index is -0.990. The van der Waals surface area contributed by atoms with E-state index in [0.29, 0.717) is 21.3 Å². The zero-order chi connectivity index (χ0) is 19.6. The number of pyridine rings is 1. The minimum Gasteiger partial charge on any atom is -0.448 e. The van der Waals surface area contributed by atoms with Gasteiger partial charge in [-0.15, -0.1) is 0 Å². The van der Waals surface area contributed by atoms with Crippen LogP contribution in [0.2, 0.25) is 10.0 Å². The molecule has 1 N–H and O–H groups in total. The number of esters is 1. The number of fused-ring (bicyclic) bond motifs is 1. The Balaban J connectivity index is 1.63. The molecule has 0 bridgehead atoms. The number of benzene rings is 1. The van der Waals surface area contributed by atoms with E-state index in [1.807, 2.05) is 12.1 Å². The highest BCUT2D eigenvalue weighted by molar-refractivity contribution is 6.35. The Kier molecular flexibility index (Phi) is 5.68. The second-order valence-electron chi connectivity index (χ2n) is 6.04. The number of nitrogens with one attached hydrogen (secondary N) is 1. The Bertz CT molecular complexity index is 970. The molecule has 0 saturated carbocycles. The Morgan fingerprint density at radius 3 is 2.67 bits per heavy atom. The van der Waals surface area contributed by atoms with E-state index in [2.05, 4.69) is 10.3 Å². The Morgan fingerprint density at radius 2 is 1.96 bits per heavy atom. The molecule has 0 fully saturated rings. The van der Waals surface area contributed by atoms with Crippen LogP contribution in [0.3, 0.4) is 0 Å². The van der Waals surface area contributed by atoms with E-state index in [9.17, 15) is 9.59 Å². The number of hydrogen-bond donors (Lipinski definition) is 1. The van der Waals surface area contributed by atoms with Gasteiger partial charge in [0.15, 0.2) is 11.8 Å². The number of imidazole rings is 1. The third kappa shape index (κ3) is 4.40. The number of rotatable bonds is 5. The predicted octanol–water partition coefficient (Wildman–Crippen LogP) is 4.06. The molecule has 0 spiro atoms. The van der Waals surface area contributed by atoms with Crippen molar-refractivity contribution in [2.45, 2.75) is 26.0 Å². The molecule has 1 amide bonds. The zero-order valence-corrected chi connectivity index (χ0v) is 16.2. The molecule has 0 radical (unpaired) electrons. The lowest BCUT2D eigenvalue weighted by atomic mass is 10.1. The molecule has 3 aromatic rings. The van der Waals surface area contributed by atoms with Crippen LogP contribution in [0.25, 0.3) is 5.65 Å². The van der Waals surface area contributed by atoms with Crippen LogP contribution in [0.1, 0.15) is 35.9 Å². The van der Waals surface area contributed by atoms with Gasteiger partial charge in [0.05, 0.1) is 6.04 Å². The summed E-state index contributed by atoms with van der Waals surface area (Å²) in [5, 5.41) is 3.73. The largest absolute Gasteiger partial charge is 0.448 e. The number of amides is 1. The lowest BCUT2D eigenvalue weighted by molar-refractivity contribution is -0.129. The van der Waals surface area contributed by atoms with Gasteiger partial charge in [0, 0.05) is 22.4 Å². The van der Waals surface area contributed by atoms with Crippen molar-refractivity contribution in [1.82, 2.24) is 14.7 Å². The van der Waals surface area contributed by atoms with Gasteiger partial charge in [0.25, 0.3) is 5.91 Å². The second-order valence-corrected chi connectivity index (χ2v) is 6.88. The summed E-state index contributed by atoms with van der Waals surface area (Å²) in [6.07, 6.45) is 2.33. The van der Waals surface area contributed by atoms with E-state index in [4.69, 9.17) is 27.9 Å². The Morgan fingerprint density at radius 1 is 1.19 bits per heavy atom. The van der Waals surface area contributed by atoms with Crippen molar-refractivity contribution in [1.29, 1.82) is 0 Å². The molecule has 27 heavy (non-hydrogen) atoms. The lowest BCUT2D eigenvalue weighted by Crippen LogP contribution is -2.37. The van der Waals surface area contributed by atoms with Crippen LogP contribution in [-0.2, 0) is 9.53 Å². The fourth-order valence-corrected chi connectivity index (χ4v) is 3.14. The summed E-state index contributed by atoms with van der Waals surface area (Å²) >= 11 is 12.0. The average Bonchev–Trinajstić information content (AvgIpc) is 3.05. The Hall–Kier alpha value is -2.57. The summed E-state index contributed by atoms with van der Waals surface area (Å²) in [5.74, 6) is -1.11. The normalized spacial score (nSPS) is 13.2. The van der Waals surface area contributed by atoms with Crippen LogP contribution in [-0.4, -0.2) is 27.4 Å².